The number of halogens is 2. The molecule has 0 radical (unpaired) electrons. The van der Waals surface area contributed by atoms with Gasteiger partial charge in [-0.3, -0.25) is 9.52 Å². The number of rotatable bonds is 5. The number of carbonyl (C=O) groups is 1. The first-order valence-corrected chi connectivity index (χ1v) is 11.6. The molecule has 32 heavy (non-hydrogen) atoms. The predicted molar refractivity (Wildman–Crippen MR) is 122 cm³/mol. The maximum atomic E-state index is 13.5. The number of benzene rings is 3. The number of hydrogen-bond acceptors (Lipinski definition) is 4. The van der Waals surface area contributed by atoms with Gasteiger partial charge in [-0.05, 0) is 35.9 Å². The summed E-state index contributed by atoms with van der Waals surface area (Å²) >= 11 is 6.24. The van der Waals surface area contributed by atoms with Crippen molar-refractivity contribution in [2.24, 2.45) is 5.10 Å². The highest BCUT2D eigenvalue weighted by Gasteiger charge is 2.33. The zero-order valence-corrected chi connectivity index (χ0v) is 18.6. The highest BCUT2D eigenvalue weighted by molar-refractivity contribution is 7.92. The van der Waals surface area contributed by atoms with Crippen LogP contribution in [0.1, 0.15) is 30.5 Å². The lowest BCUT2D eigenvalue weighted by molar-refractivity contribution is -0.130. The van der Waals surface area contributed by atoms with Crippen LogP contribution in [0.25, 0.3) is 0 Å². The molecule has 0 aliphatic carbocycles. The lowest BCUT2D eigenvalue weighted by atomic mass is 9.97. The molecule has 0 unspecified atom stereocenters. The molecule has 0 saturated carbocycles. The zero-order valence-electron chi connectivity index (χ0n) is 17.0. The number of nitrogens with zero attached hydrogens (tertiary/aromatic N) is 2. The molecule has 1 aliphatic heterocycles. The molecule has 1 N–H and O–H groups in total. The van der Waals surface area contributed by atoms with Gasteiger partial charge in [-0.2, -0.15) is 5.10 Å². The van der Waals surface area contributed by atoms with Crippen molar-refractivity contribution >= 4 is 38.9 Å². The summed E-state index contributed by atoms with van der Waals surface area (Å²) in [5, 5.41) is 5.93. The zero-order chi connectivity index (χ0) is 22.9. The minimum absolute atomic E-state index is 0.129. The molecule has 0 saturated heterocycles. The Balaban J connectivity index is 1.70. The van der Waals surface area contributed by atoms with Gasteiger partial charge in [-0.15, -0.1) is 0 Å². The summed E-state index contributed by atoms with van der Waals surface area (Å²) in [6.07, 6.45) is 0.287. The van der Waals surface area contributed by atoms with Gasteiger partial charge in [0.05, 0.1) is 22.3 Å². The van der Waals surface area contributed by atoms with Crippen molar-refractivity contribution in [3.63, 3.8) is 0 Å². The molecule has 1 atom stereocenters. The van der Waals surface area contributed by atoms with Crippen LogP contribution in [0.4, 0.5) is 10.1 Å². The van der Waals surface area contributed by atoms with Gasteiger partial charge in [-0.25, -0.2) is 17.8 Å². The Kier molecular flexibility index (Phi) is 5.99. The number of hydrogen-bond donors (Lipinski definition) is 1. The summed E-state index contributed by atoms with van der Waals surface area (Å²) in [5.41, 5.74) is 1.95. The molecule has 4 rings (SSSR count). The van der Waals surface area contributed by atoms with E-state index in [0.717, 1.165) is 0 Å². The van der Waals surface area contributed by atoms with Crippen molar-refractivity contribution in [2.45, 2.75) is 24.3 Å². The van der Waals surface area contributed by atoms with Crippen LogP contribution >= 0.6 is 11.6 Å². The predicted octanol–water partition coefficient (Wildman–Crippen LogP) is 4.98. The van der Waals surface area contributed by atoms with Crippen LogP contribution in [0, 0.1) is 5.82 Å². The average molecular weight is 472 g/mol. The van der Waals surface area contributed by atoms with E-state index in [9.17, 15) is 17.6 Å². The van der Waals surface area contributed by atoms with E-state index in [1.807, 2.05) is 0 Å². The smallest absolute Gasteiger partial charge is 0.261 e. The Labute approximate surface area is 190 Å². The SMILES string of the molecule is CC(=O)N1N=C(c2ccccc2NS(=O)(=O)c2ccccc2)C[C@H]1c1ccc(F)cc1Cl. The van der Waals surface area contributed by atoms with E-state index in [0.29, 0.717) is 22.5 Å². The lowest BCUT2D eigenvalue weighted by Gasteiger charge is -2.21. The van der Waals surface area contributed by atoms with E-state index < -0.39 is 21.9 Å². The summed E-state index contributed by atoms with van der Waals surface area (Å²) in [7, 11) is -3.82. The third-order valence-electron chi connectivity index (χ3n) is 5.09. The highest BCUT2D eigenvalue weighted by atomic mass is 35.5. The van der Waals surface area contributed by atoms with Crippen molar-refractivity contribution in [2.75, 3.05) is 4.72 Å². The molecular formula is C23H19ClFN3O3S. The number of carbonyl (C=O) groups excluding carboxylic acids is 1. The number of nitrogens with one attached hydrogen (secondary N) is 1. The average Bonchev–Trinajstić information content (AvgIpc) is 3.20. The van der Waals surface area contributed by atoms with Crippen molar-refractivity contribution in [3.8, 4) is 0 Å². The van der Waals surface area contributed by atoms with Crippen LogP contribution in [0.2, 0.25) is 5.02 Å². The molecule has 3 aromatic carbocycles. The molecule has 6 nitrogen and oxygen atoms in total. The van der Waals surface area contributed by atoms with Crippen LogP contribution in [-0.2, 0) is 14.8 Å². The standard InChI is InChI=1S/C23H19ClFN3O3S/c1-15(29)28-23(18-12-11-16(25)13-20(18)24)14-22(26-28)19-9-5-6-10-21(19)27-32(30,31)17-7-3-2-4-8-17/h2-13,23,27H,14H2,1H3/t23-/m0/s1. The van der Waals surface area contributed by atoms with E-state index in [2.05, 4.69) is 9.82 Å². The molecule has 1 aliphatic rings. The summed E-state index contributed by atoms with van der Waals surface area (Å²) in [5.74, 6) is -0.791. The van der Waals surface area contributed by atoms with Crippen molar-refractivity contribution in [3.05, 3.63) is 94.8 Å². The summed E-state index contributed by atoms with van der Waals surface area (Å²) in [4.78, 5) is 12.4. The third kappa shape index (κ3) is 4.37. The monoisotopic (exact) mass is 471 g/mol. The number of para-hydroxylation sites is 1. The number of sulfonamides is 1. The third-order valence-corrected chi connectivity index (χ3v) is 6.80. The van der Waals surface area contributed by atoms with Gasteiger partial charge >= 0.3 is 0 Å². The number of anilines is 1. The Morgan fingerprint density at radius 3 is 2.47 bits per heavy atom. The van der Waals surface area contributed by atoms with Crippen molar-refractivity contribution in [1.29, 1.82) is 0 Å². The first-order valence-electron chi connectivity index (χ1n) is 9.76. The van der Waals surface area contributed by atoms with Gasteiger partial charge in [0.2, 0.25) is 5.91 Å². The maximum Gasteiger partial charge on any atom is 0.261 e. The topological polar surface area (TPSA) is 78.8 Å². The summed E-state index contributed by atoms with van der Waals surface area (Å²) < 4.78 is 41.8. The fourth-order valence-corrected chi connectivity index (χ4v) is 5.00. The molecule has 0 bridgehead atoms. The fourth-order valence-electron chi connectivity index (χ4n) is 3.60. The van der Waals surface area contributed by atoms with E-state index in [1.165, 1.54) is 42.3 Å². The van der Waals surface area contributed by atoms with Crippen LogP contribution in [0.3, 0.4) is 0 Å². The summed E-state index contributed by atoms with van der Waals surface area (Å²) in [6.45, 7) is 1.38. The van der Waals surface area contributed by atoms with Crippen LogP contribution in [0.5, 0.6) is 0 Å². The van der Waals surface area contributed by atoms with Gasteiger partial charge in [0.15, 0.2) is 0 Å². The molecule has 164 valence electrons. The highest BCUT2D eigenvalue weighted by Crippen LogP contribution is 2.38. The Hall–Kier alpha value is -3.23. The second-order valence-corrected chi connectivity index (χ2v) is 9.35. The van der Waals surface area contributed by atoms with Crippen molar-refractivity contribution in [1.82, 2.24) is 5.01 Å². The number of amides is 1. The largest absolute Gasteiger partial charge is 0.279 e. The number of hydrazone groups is 1. The molecule has 1 amide bonds. The Bertz CT molecular complexity index is 1310. The van der Waals surface area contributed by atoms with E-state index in [-0.39, 0.29) is 22.2 Å². The first-order chi connectivity index (χ1) is 15.3. The Morgan fingerprint density at radius 1 is 1.09 bits per heavy atom. The van der Waals surface area contributed by atoms with E-state index in [1.54, 1.807) is 42.5 Å². The van der Waals surface area contributed by atoms with Gasteiger partial charge in [0.1, 0.15) is 5.82 Å². The second kappa shape index (κ2) is 8.72. The van der Waals surface area contributed by atoms with Gasteiger partial charge in [-0.1, -0.05) is 54.1 Å². The molecule has 3 aromatic rings. The molecular weight excluding hydrogens is 453 g/mol. The van der Waals surface area contributed by atoms with Gasteiger partial charge in [0.25, 0.3) is 10.0 Å². The quantitative estimate of drug-likeness (QED) is 0.570. The maximum absolute atomic E-state index is 13.5. The molecule has 0 spiro atoms. The van der Waals surface area contributed by atoms with Gasteiger partial charge < -0.3 is 0 Å². The fraction of sp³-hybridized carbons (Fsp3) is 0.130. The molecule has 1 heterocycles. The van der Waals surface area contributed by atoms with E-state index in [4.69, 9.17) is 11.6 Å². The van der Waals surface area contributed by atoms with Crippen LogP contribution < -0.4 is 4.72 Å². The van der Waals surface area contributed by atoms with Gasteiger partial charge in [0, 0.05) is 23.9 Å². The minimum atomic E-state index is -3.82. The normalized spacial score (nSPS) is 16.0. The first kappa shape index (κ1) is 22.0. The Morgan fingerprint density at radius 2 is 1.78 bits per heavy atom. The minimum Gasteiger partial charge on any atom is -0.279 e. The lowest BCUT2D eigenvalue weighted by Crippen LogP contribution is -2.24. The van der Waals surface area contributed by atoms with Crippen LogP contribution in [0.15, 0.2) is 82.8 Å². The molecule has 0 fully saturated rings. The molecule has 0 aromatic heterocycles. The van der Waals surface area contributed by atoms with E-state index >= 15 is 0 Å². The molecule has 9 heteroatoms. The second-order valence-electron chi connectivity index (χ2n) is 7.26. The summed E-state index contributed by atoms with van der Waals surface area (Å²) in [6, 6.07) is 18.3. The van der Waals surface area contributed by atoms with Crippen molar-refractivity contribution < 1.29 is 17.6 Å². The van der Waals surface area contributed by atoms with Crippen LogP contribution in [-0.4, -0.2) is 25.0 Å².